The summed E-state index contributed by atoms with van der Waals surface area (Å²) in [5, 5.41) is 0. The van der Waals surface area contributed by atoms with Crippen LogP contribution in [0.15, 0.2) is 67.0 Å². The third-order valence-electron chi connectivity index (χ3n) is 7.19. The second kappa shape index (κ2) is 10.3. The average Bonchev–Trinajstić information content (AvgIpc) is 3.27. The number of anilines is 3. The molecule has 2 atom stereocenters. The van der Waals surface area contributed by atoms with E-state index in [2.05, 4.69) is 127 Å². The zero-order chi connectivity index (χ0) is 25.7. The summed E-state index contributed by atoms with van der Waals surface area (Å²) in [6, 6.07) is 25.9. The number of quaternary nitrogens is 2. The summed E-state index contributed by atoms with van der Waals surface area (Å²) in [6.45, 7) is 15.6. The van der Waals surface area contributed by atoms with Gasteiger partial charge in [0.05, 0.1) is 11.7 Å². The van der Waals surface area contributed by atoms with Crippen LogP contribution in [-0.2, 0) is 32.0 Å². The summed E-state index contributed by atoms with van der Waals surface area (Å²) >= 11 is 0. The van der Waals surface area contributed by atoms with Crippen molar-refractivity contribution < 1.29 is 35.6 Å². The number of rotatable bonds is 4. The van der Waals surface area contributed by atoms with Crippen LogP contribution in [0.4, 0.5) is 17.1 Å². The fraction of sp³-hybridized carbons (Fsp3) is 0.290. The van der Waals surface area contributed by atoms with E-state index >= 15 is 0 Å². The average molecular weight is 676 g/mol. The topological polar surface area (TPSA) is 24.6 Å². The van der Waals surface area contributed by atoms with Gasteiger partial charge < -0.3 is 24.3 Å². The normalized spacial score (nSPS) is 20.4. The van der Waals surface area contributed by atoms with Gasteiger partial charge in [0.25, 0.3) is 0 Å². The second-order valence-electron chi connectivity index (χ2n) is 11.3. The largest absolute Gasteiger partial charge is 4.00 e. The maximum atomic E-state index is 6.40. The van der Waals surface area contributed by atoms with Crippen molar-refractivity contribution in [1.29, 1.82) is 0 Å². The molecule has 5 nitrogen and oxygen atoms in total. The first-order chi connectivity index (χ1) is 17.0. The van der Waals surface area contributed by atoms with Gasteiger partial charge in [0.2, 0.25) is 0 Å². The maximum Gasteiger partial charge on any atom is 4.00 e. The Morgan fingerprint density at radius 3 is 2.32 bits per heavy atom. The first-order valence-electron chi connectivity index (χ1n) is 12.5. The predicted molar refractivity (Wildman–Crippen MR) is 145 cm³/mol. The van der Waals surface area contributed by atoms with E-state index in [-0.39, 0.29) is 32.0 Å². The zero-order valence-corrected chi connectivity index (χ0v) is 24.9. The zero-order valence-electron chi connectivity index (χ0n) is 22.6. The van der Waals surface area contributed by atoms with Crippen molar-refractivity contribution in [2.45, 2.75) is 45.6 Å². The predicted octanol–water partition coefficient (Wildman–Crippen LogP) is 4.32. The molecule has 5 rings (SSSR count). The van der Waals surface area contributed by atoms with Crippen LogP contribution in [0.25, 0.3) is 0 Å². The van der Waals surface area contributed by atoms with Crippen LogP contribution >= 0.6 is 0 Å². The van der Waals surface area contributed by atoms with Gasteiger partial charge in [-0.15, -0.1) is 42.0 Å². The molecule has 0 aliphatic carbocycles. The van der Waals surface area contributed by atoms with Crippen LogP contribution in [0.1, 0.15) is 45.7 Å². The minimum atomic E-state index is -0.0521. The second-order valence-corrected chi connectivity index (χ2v) is 11.3. The summed E-state index contributed by atoms with van der Waals surface area (Å²) in [6.07, 6.45) is 4.13. The molecule has 0 spiro atoms. The Kier molecular flexibility index (Phi) is 7.63. The standard InChI is InChI=1S/C31H36N4O.Pt/c1-30(2,3)23-17-25(35-22-33(7)31(4,5)28-13-8-9-14-29(28)35)20-27(18-23)36-26-12-10-11-24(19-26)34-16-15-32(6)21-34;/h8-18,21-22,32-33H,1-7H3;/q-2;+4. The van der Waals surface area contributed by atoms with Gasteiger partial charge in [-0.2, -0.15) is 6.07 Å². The van der Waals surface area contributed by atoms with E-state index in [9.17, 15) is 0 Å². The van der Waals surface area contributed by atoms with Crippen LogP contribution < -0.4 is 24.3 Å². The Morgan fingerprint density at radius 1 is 0.892 bits per heavy atom. The SMILES string of the molecule is C[NH+]1C=CN(c2[c-]c(Oc3[c-]c(N4[CH-][NH+](C)C(C)(C)c5ccccc54)cc(C(C)(C)C)c3)ccc2)[CH-]1.[Pt+4]. The first kappa shape index (κ1) is 27.4. The summed E-state index contributed by atoms with van der Waals surface area (Å²) in [4.78, 5) is 6.82. The monoisotopic (exact) mass is 675 g/mol. The molecule has 2 unspecified atom stereocenters. The van der Waals surface area contributed by atoms with Gasteiger partial charge in [-0.1, -0.05) is 50.3 Å². The number of para-hydroxylation sites is 1. The molecule has 194 valence electrons. The van der Waals surface area contributed by atoms with Gasteiger partial charge in [0.1, 0.15) is 0 Å². The number of nitrogens with zero attached hydrogens (tertiary/aromatic N) is 2. The quantitative estimate of drug-likeness (QED) is 0.404. The molecule has 3 aromatic carbocycles. The number of fused-ring (bicyclic) bond motifs is 1. The molecule has 3 aromatic rings. The van der Waals surface area contributed by atoms with E-state index in [0.717, 1.165) is 11.4 Å². The van der Waals surface area contributed by atoms with Crippen molar-refractivity contribution in [1.82, 2.24) is 0 Å². The van der Waals surface area contributed by atoms with Gasteiger partial charge >= 0.3 is 21.1 Å². The third kappa shape index (κ3) is 5.50. The van der Waals surface area contributed by atoms with Crippen molar-refractivity contribution in [2.75, 3.05) is 23.9 Å². The Morgan fingerprint density at radius 2 is 1.62 bits per heavy atom. The van der Waals surface area contributed by atoms with Gasteiger partial charge in [-0.05, 0) is 38.7 Å². The van der Waals surface area contributed by atoms with Gasteiger partial charge in [-0.25, -0.2) is 0 Å². The van der Waals surface area contributed by atoms with Crippen molar-refractivity contribution in [3.05, 3.63) is 104 Å². The first-order valence-corrected chi connectivity index (χ1v) is 12.5. The smallest absolute Gasteiger partial charge is 0.509 e. The van der Waals surface area contributed by atoms with Gasteiger partial charge in [0, 0.05) is 43.0 Å². The number of nitrogens with one attached hydrogen (secondary N) is 2. The van der Waals surface area contributed by atoms with Crippen molar-refractivity contribution in [2.24, 2.45) is 0 Å². The molecule has 0 saturated heterocycles. The molecule has 2 aliphatic heterocycles. The van der Waals surface area contributed by atoms with E-state index in [1.165, 1.54) is 26.6 Å². The summed E-state index contributed by atoms with van der Waals surface area (Å²) in [5.74, 6) is 1.35. The molecule has 0 aromatic heterocycles. The number of hydrogen-bond acceptors (Lipinski definition) is 3. The molecule has 2 heterocycles. The molecule has 2 N–H and O–H groups in total. The van der Waals surface area contributed by atoms with Gasteiger partial charge in [0.15, 0.2) is 0 Å². The van der Waals surface area contributed by atoms with E-state index in [0.29, 0.717) is 11.5 Å². The molecule has 2 aliphatic rings. The Balaban J connectivity index is 0.00000320. The minimum absolute atomic E-state index is 0. The molecule has 0 fully saturated rings. The van der Waals surface area contributed by atoms with Crippen molar-refractivity contribution in [3.8, 4) is 11.5 Å². The molecule has 6 heteroatoms. The molecule has 0 bridgehead atoms. The van der Waals surface area contributed by atoms with E-state index in [4.69, 9.17) is 4.74 Å². The summed E-state index contributed by atoms with van der Waals surface area (Å²) < 4.78 is 6.40. The Bertz CT molecular complexity index is 1300. The third-order valence-corrected chi connectivity index (χ3v) is 7.19. The summed E-state index contributed by atoms with van der Waals surface area (Å²) in [5.41, 5.74) is 5.51. The summed E-state index contributed by atoms with van der Waals surface area (Å²) in [7, 11) is 4.29. The van der Waals surface area contributed by atoms with Crippen LogP contribution in [-0.4, -0.2) is 14.1 Å². The van der Waals surface area contributed by atoms with Crippen molar-refractivity contribution in [3.63, 3.8) is 0 Å². The van der Waals surface area contributed by atoms with Crippen LogP contribution in [0.3, 0.4) is 0 Å². The van der Waals surface area contributed by atoms with Crippen LogP contribution in [0.5, 0.6) is 11.5 Å². The van der Waals surface area contributed by atoms with E-state index < -0.39 is 0 Å². The van der Waals surface area contributed by atoms with Crippen LogP contribution in [0.2, 0.25) is 0 Å². The molecule has 0 radical (unpaired) electrons. The fourth-order valence-corrected chi connectivity index (χ4v) is 4.61. The molecule has 0 amide bonds. The Labute approximate surface area is 236 Å². The van der Waals surface area contributed by atoms with Gasteiger partial charge in [-0.3, -0.25) is 0 Å². The van der Waals surface area contributed by atoms with E-state index in [1.807, 2.05) is 24.4 Å². The minimum Gasteiger partial charge on any atom is -0.509 e. The van der Waals surface area contributed by atoms with Crippen molar-refractivity contribution >= 4 is 17.1 Å². The molecule has 0 saturated carbocycles. The Hall–Kier alpha value is -2.59. The molecular weight excluding hydrogens is 639 g/mol. The molecule has 37 heavy (non-hydrogen) atoms. The van der Waals surface area contributed by atoms with E-state index in [1.54, 1.807) is 0 Å². The maximum absolute atomic E-state index is 6.40. The number of hydrogen-bond donors (Lipinski definition) is 2. The fourth-order valence-electron chi connectivity index (χ4n) is 4.61. The van der Waals surface area contributed by atoms with Crippen LogP contribution in [0, 0.1) is 25.5 Å². The number of benzene rings is 3. The number of ether oxygens (including phenoxy) is 1. The molecular formula is C31H36N4OPt+2.